The Bertz CT molecular complexity index is 1290. The highest BCUT2D eigenvalue weighted by molar-refractivity contribution is 6.17. The second-order valence-electron chi connectivity index (χ2n) is 6.97. The van der Waals surface area contributed by atoms with E-state index in [1.807, 2.05) is 0 Å². The molecule has 0 aliphatic rings. The van der Waals surface area contributed by atoms with Gasteiger partial charge in [-0.25, -0.2) is 28.8 Å². The van der Waals surface area contributed by atoms with Gasteiger partial charge in [-0.05, 0) is 24.6 Å². The highest BCUT2D eigenvalue weighted by atomic mass is 35.5. The number of amides is 1. The van der Waals surface area contributed by atoms with Crippen LogP contribution in [-0.4, -0.2) is 43.3 Å². The van der Waals surface area contributed by atoms with Crippen molar-refractivity contribution in [2.75, 3.05) is 29.3 Å². The van der Waals surface area contributed by atoms with Crippen molar-refractivity contribution in [1.82, 2.24) is 24.7 Å². The van der Waals surface area contributed by atoms with Gasteiger partial charge in [-0.15, -0.1) is 11.6 Å². The number of benzene rings is 1. The van der Waals surface area contributed by atoms with E-state index in [4.69, 9.17) is 27.8 Å². The van der Waals surface area contributed by atoms with Crippen LogP contribution >= 0.6 is 11.6 Å². The minimum atomic E-state index is -0.751. The molecular weight excluding hydrogens is 451 g/mol. The molecule has 12 heteroatoms. The average Bonchev–Trinajstić information content (AvgIpc) is 3.16. The van der Waals surface area contributed by atoms with E-state index < -0.39 is 6.09 Å². The number of nitrogens with zero attached hydrogens (tertiary/aromatic N) is 5. The minimum absolute atomic E-state index is 0.0304. The molecule has 0 bridgehead atoms. The van der Waals surface area contributed by atoms with Crippen molar-refractivity contribution < 1.29 is 13.9 Å². The quantitative estimate of drug-likeness (QED) is 0.275. The molecule has 1 amide bonds. The molecule has 0 radical (unpaired) electrons. The van der Waals surface area contributed by atoms with Crippen molar-refractivity contribution in [1.29, 1.82) is 0 Å². The van der Waals surface area contributed by atoms with Crippen LogP contribution in [0.15, 0.2) is 42.6 Å². The topological polar surface area (TPSA) is 147 Å². The molecule has 0 saturated carbocycles. The average molecular weight is 471 g/mol. The molecule has 0 atom stereocenters. The Kier molecular flexibility index (Phi) is 6.50. The van der Waals surface area contributed by atoms with Gasteiger partial charge in [0.1, 0.15) is 17.2 Å². The van der Waals surface area contributed by atoms with E-state index in [0.717, 1.165) is 0 Å². The summed E-state index contributed by atoms with van der Waals surface area (Å²) in [6, 6.07) is 9.94. The van der Waals surface area contributed by atoms with Crippen LogP contribution in [-0.2, 0) is 11.3 Å². The van der Waals surface area contributed by atoms with E-state index in [2.05, 4.69) is 25.4 Å². The van der Waals surface area contributed by atoms with Crippen molar-refractivity contribution in [3.8, 4) is 11.5 Å². The van der Waals surface area contributed by atoms with Crippen LogP contribution in [0.4, 0.5) is 26.5 Å². The van der Waals surface area contributed by atoms with Crippen molar-refractivity contribution in [3.63, 3.8) is 0 Å². The third-order valence-electron chi connectivity index (χ3n) is 4.70. The molecule has 0 aliphatic carbocycles. The Balaban J connectivity index is 1.68. The van der Waals surface area contributed by atoms with Crippen LogP contribution in [0.2, 0.25) is 0 Å². The Labute approximate surface area is 192 Å². The maximum Gasteiger partial charge on any atom is 0.411 e. The predicted molar refractivity (Wildman–Crippen MR) is 123 cm³/mol. The number of nitrogen functional groups attached to an aromatic ring is 2. The maximum absolute atomic E-state index is 14.2. The highest BCUT2D eigenvalue weighted by Crippen LogP contribution is 2.30. The highest BCUT2D eigenvalue weighted by Gasteiger charge is 2.20. The molecule has 1 aromatic carbocycles. The number of nitrogens with one attached hydrogen (secondary N) is 1. The number of alkyl halides is 1. The summed E-state index contributed by atoms with van der Waals surface area (Å²) in [5, 5.41) is 7.62. The summed E-state index contributed by atoms with van der Waals surface area (Å²) in [5.41, 5.74) is 13.4. The molecule has 0 unspecified atom stereocenters. The molecule has 4 aromatic rings. The lowest BCUT2D eigenvalue weighted by Crippen LogP contribution is -2.18. The molecule has 33 heavy (non-hydrogen) atoms. The van der Waals surface area contributed by atoms with Crippen LogP contribution in [0.5, 0.6) is 0 Å². The van der Waals surface area contributed by atoms with Gasteiger partial charge in [0.25, 0.3) is 0 Å². The van der Waals surface area contributed by atoms with Crippen LogP contribution in [0.1, 0.15) is 12.0 Å². The number of carbonyl (C=O) groups excluding carboxylic acids is 1. The first-order valence-corrected chi connectivity index (χ1v) is 10.5. The number of hydrogen-bond donors (Lipinski definition) is 3. The molecule has 0 spiro atoms. The zero-order valence-corrected chi connectivity index (χ0v) is 18.1. The number of hydrogen-bond acceptors (Lipinski definition) is 8. The number of aromatic nitrogens is 5. The van der Waals surface area contributed by atoms with Gasteiger partial charge in [0, 0.05) is 17.6 Å². The number of fused-ring (bicyclic) bond motifs is 1. The number of rotatable bonds is 7. The third kappa shape index (κ3) is 4.77. The van der Waals surface area contributed by atoms with Gasteiger partial charge in [-0.3, -0.25) is 5.32 Å². The molecule has 3 aromatic heterocycles. The van der Waals surface area contributed by atoms with E-state index >= 15 is 0 Å². The Morgan fingerprint density at radius 1 is 1.15 bits per heavy atom. The summed E-state index contributed by atoms with van der Waals surface area (Å²) in [4.78, 5) is 24.8. The number of nitrogens with two attached hydrogens (primary N) is 2. The van der Waals surface area contributed by atoms with E-state index in [1.54, 1.807) is 41.2 Å². The summed E-state index contributed by atoms with van der Waals surface area (Å²) in [6.07, 6.45) is 1.36. The van der Waals surface area contributed by atoms with E-state index in [-0.39, 0.29) is 42.1 Å². The SMILES string of the molecule is Nc1nc(-c2nn(Cc3ccccc3F)c3ncccc23)nc(N)c1NC(=O)OCCCCl. The fraction of sp³-hybridized carbons (Fsp3) is 0.190. The lowest BCUT2D eigenvalue weighted by molar-refractivity contribution is 0.162. The number of ether oxygens (including phenoxy) is 1. The Morgan fingerprint density at radius 3 is 2.64 bits per heavy atom. The molecule has 10 nitrogen and oxygen atoms in total. The first kappa shape index (κ1) is 22.2. The van der Waals surface area contributed by atoms with E-state index in [0.29, 0.717) is 34.6 Å². The predicted octanol–water partition coefficient (Wildman–Crippen LogP) is 3.42. The lowest BCUT2D eigenvalue weighted by atomic mass is 10.2. The molecule has 4 rings (SSSR count). The summed E-state index contributed by atoms with van der Waals surface area (Å²) in [7, 11) is 0. The molecule has 3 heterocycles. The fourth-order valence-electron chi connectivity index (χ4n) is 3.16. The second kappa shape index (κ2) is 9.65. The smallest absolute Gasteiger partial charge is 0.411 e. The van der Waals surface area contributed by atoms with E-state index in [9.17, 15) is 9.18 Å². The van der Waals surface area contributed by atoms with Crippen molar-refractivity contribution >= 4 is 46.1 Å². The number of carbonyl (C=O) groups is 1. The molecule has 170 valence electrons. The molecule has 0 aliphatic heterocycles. The minimum Gasteiger partial charge on any atom is -0.449 e. The Morgan fingerprint density at radius 2 is 1.91 bits per heavy atom. The normalized spacial score (nSPS) is 11.0. The van der Waals surface area contributed by atoms with Crippen LogP contribution < -0.4 is 16.8 Å². The van der Waals surface area contributed by atoms with Crippen molar-refractivity contribution in [2.45, 2.75) is 13.0 Å². The van der Waals surface area contributed by atoms with Gasteiger partial charge in [0.15, 0.2) is 23.1 Å². The standard InChI is InChI=1S/C21H20ClFN8O2/c22-8-4-10-33-21(32)27-16-17(24)28-19(29-18(16)25)15-13-6-3-9-26-20(13)31(30-15)11-12-5-1-2-7-14(12)23/h1-3,5-7,9H,4,8,10-11H2,(H,27,32)(H4,24,25,28,29). The number of pyridine rings is 1. The lowest BCUT2D eigenvalue weighted by Gasteiger charge is -2.11. The van der Waals surface area contributed by atoms with Crippen LogP contribution in [0.3, 0.4) is 0 Å². The van der Waals surface area contributed by atoms with Gasteiger partial charge in [-0.1, -0.05) is 18.2 Å². The van der Waals surface area contributed by atoms with Gasteiger partial charge in [-0.2, -0.15) is 5.10 Å². The first-order valence-electron chi connectivity index (χ1n) is 9.96. The Hall–Kier alpha value is -3.99. The summed E-state index contributed by atoms with van der Waals surface area (Å²) in [6.45, 7) is 0.297. The van der Waals surface area contributed by atoms with Crippen molar-refractivity contribution in [2.24, 2.45) is 0 Å². The summed E-state index contributed by atoms with van der Waals surface area (Å²) >= 11 is 5.57. The fourth-order valence-corrected chi connectivity index (χ4v) is 3.27. The second-order valence-corrected chi connectivity index (χ2v) is 7.35. The summed E-state index contributed by atoms with van der Waals surface area (Å²) in [5.74, 6) is 0.0231. The van der Waals surface area contributed by atoms with Crippen LogP contribution in [0.25, 0.3) is 22.6 Å². The third-order valence-corrected chi connectivity index (χ3v) is 4.97. The first-order chi connectivity index (χ1) is 16.0. The molecule has 0 saturated heterocycles. The van der Waals surface area contributed by atoms with Gasteiger partial charge in [0.05, 0.1) is 18.5 Å². The molecule has 5 N–H and O–H groups in total. The van der Waals surface area contributed by atoms with Gasteiger partial charge < -0.3 is 16.2 Å². The number of halogens is 2. The molecule has 0 fully saturated rings. The summed E-state index contributed by atoms with van der Waals surface area (Å²) < 4.78 is 20.7. The zero-order valence-electron chi connectivity index (χ0n) is 17.3. The monoisotopic (exact) mass is 470 g/mol. The van der Waals surface area contributed by atoms with E-state index in [1.165, 1.54) is 6.07 Å². The largest absolute Gasteiger partial charge is 0.449 e. The van der Waals surface area contributed by atoms with Crippen molar-refractivity contribution in [3.05, 3.63) is 54.0 Å². The van der Waals surface area contributed by atoms with Gasteiger partial charge >= 0.3 is 6.09 Å². The molecular formula is C21H20ClFN8O2. The van der Waals surface area contributed by atoms with Gasteiger partial charge in [0.2, 0.25) is 0 Å². The maximum atomic E-state index is 14.2. The number of anilines is 3. The zero-order chi connectivity index (χ0) is 23.4. The van der Waals surface area contributed by atoms with Crippen LogP contribution in [0, 0.1) is 5.82 Å².